The number of nitrogens with one attached hydrogen (secondary N) is 2. The molecule has 0 aliphatic heterocycles. The van der Waals surface area contributed by atoms with Gasteiger partial charge in [-0.1, -0.05) is 51.1 Å². The minimum absolute atomic E-state index is 0.291. The minimum Gasteiger partial charge on any atom is -0.306 e. The van der Waals surface area contributed by atoms with Gasteiger partial charge in [0.15, 0.2) is 0 Å². The molecule has 3 heteroatoms. The molecule has 1 unspecified atom stereocenters. The molecular formula is C17H25N3. The largest absolute Gasteiger partial charge is 0.306 e. The van der Waals surface area contributed by atoms with Crippen molar-refractivity contribution in [2.45, 2.75) is 46.7 Å². The average molecular weight is 271 g/mol. The van der Waals surface area contributed by atoms with Crippen LogP contribution in [0.5, 0.6) is 0 Å². The lowest BCUT2D eigenvalue weighted by Crippen LogP contribution is -2.25. The van der Waals surface area contributed by atoms with Gasteiger partial charge in [-0.05, 0) is 24.3 Å². The molecule has 1 aromatic heterocycles. The summed E-state index contributed by atoms with van der Waals surface area (Å²) >= 11 is 0. The molecule has 3 nitrogen and oxygen atoms in total. The molecule has 0 aliphatic rings. The summed E-state index contributed by atoms with van der Waals surface area (Å²) in [5, 5.41) is 10.7. The number of benzene rings is 1. The molecule has 1 aromatic carbocycles. The summed E-state index contributed by atoms with van der Waals surface area (Å²) in [6.45, 7) is 9.76. The van der Waals surface area contributed by atoms with Crippen LogP contribution < -0.4 is 5.32 Å². The second-order valence-electron chi connectivity index (χ2n) is 6.63. The molecule has 0 aliphatic carbocycles. The number of aromatic amines is 1. The van der Waals surface area contributed by atoms with Crippen molar-refractivity contribution in [2.75, 3.05) is 0 Å². The lowest BCUT2D eigenvalue weighted by Gasteiger charge is -2.27. The molecule has 2 aromatic rings. The molecule has 0 saturated carbocycles. The van der Waals surface area contributed by atoms with Crippen LogP contribution in [-0.2, 0) is 6.54 Å². The molecule has 2 rings (SSSR count). The van der Waals surface area contributed by atoms with Crippen LogP contribution in [0.4, 0.5) is 0 Å². The van der Waals surface area contributed by atoms with Crippen molar-refractivity contribution >= 4 is 0 Å². The first-order chi connectivity index (χ1) is 9.46. The molecule has 1 heterocycles. The normalized spacial score (nSPS) is 13.4. The third-order valence-corrected chi connectivity index (χ3v) is 3.49. The highest BCUT2D eigenvalue weighted by molar-refractivity contribution is 5.20. The first-order valence-corrected chi connectivity index (χ1v) is 7.23. The molecule has 20 heavy (non-hydrogen) atoms. The van der Waals surface area contributed by atoms with Gasteiger partial charge in [0.1, 0.15) is 0 Å². The fourth-order valence-electron chi connectivity index (χ4n) is 2.39. The summed E-state index contributed by atoms with van der Waals surface area (Å²) in [5.41, 5.74) is 4.02. The number of rotatable bonds is 5. The summed E-state index contributed by atoms with van der Waals surface area (Å²) in [4.78, 5) is 0. The van der Waals surface area contributed by atoms with E-state index in [0.29, 0.717) is 11.5 Å². The van der Waals surface area contributed by atoms with E-state index in [9.17, 15) is 0 Å². The van der Waals surface area contributed by atoms with Gasteiger partial charge < -0.3 is 5.32 Å². The Morgan fingerprint density at radius 2 is 1.90 bits per heavy atom. The second kappa shape index (κ2) is 6.23. The van der Waals surface area contributed by atoms with Crippen molar-refractivity contribution in [3.05, 3.63) is 53.3 Å². The molecule has 0 amide bonds. The van der Waals surface area contributed by atoms with E-state index in [1.807, 2.05) is 6.20 Å². The Kier molecular flexibility index (Phi) is 4.61. The number of nitrogens with zero attached hydrogens (tertiary/aromatic N) is 1. The van der Waals surface area contributed by atoms with Crippen LogP contribution >= 0.6 is 0 Å². The quantitative estimate of drug-likeness (QED) is 0.863. The van der Waals surface area contributed by atoms with E-state index in [2.05, 4.69) is 73.5 Å². The lowest BCUT2D eigenvalue weighted by atomic mass is 9.85. The maximum absolute atomic E-state index is 4.08. The van der Waals surface area contributed by atoms with E-state index in [0.717, 1.165) is 18.7 Å². The summed E-state index contributed by atoms with van der Waals surface area (Å²) in [6, 6.07) is 11.0. The van der Waals surface area contributed by atoms with Gasteiger partial charge >= 0.3 is 0 Å². The van der Waals surface area contributed by atoms with Crippen LogP contribution in [-0.4, -0.2) is 10.2 Å². The SMILES string of the molecule is Cc1[nH]ncc1CNC(CC(C)(C)C)c1ccccc1. The smallest absolute Gasteiger partial charge is 0.0535 e. The Hall–Kier alpha value is -1.61. The topological polar surface area (TPSA) is 40.7 Å². The van der Waals surface area contributed by atoms with E-state index in [1.54, 1.807) is 0 Å². The van der Waals surface area contributed by atoms with Crippen molar-refractivity contribution in [3.8, 4) is 0 Å². The maximum atomic E-state index is 4.08. The number of aryl methyl sites for hydroxylation is 1. The monoisotopic (exact) mass is 271 g/mol. The third kappa shape index (κ3) is 4.20. The fraction of sp³-hybridized carbons (Fsp3) is 0.471. The number of aromatic nitrogens is 2. The van der Waals surface area contributed by atoms with Crippen molar-refractivity contribution in [3.63, 3.8) is 0 Å². The number of hydrogen-bond acceptors (Lipinski definition) is 2. The number of hydrogen-bond donors (Lipinski definition) is 2. The second-order valence-corrected chi connectivity index (χ2v) is 6.63. The molecule has 0 spiro atoms. The van der Waals surface area contributed by atoms with Gasteiger partial charge in [-0.25, -0.2) is 0 Å². The van der Waals surface area contributed by atoms with E-state index in [-0.39, 0.29) is 0 Å². The zero-order valence-corrected chi connectivity index (χ0v) is 12.9. The Morgan fingerprint density at radius 1 is 1.20 bits per heavy atom. The number of H-pyrrole nitrogens is 1. The first kappa shape index (κ1) is 14.8. The molecule has 108 valence electrons. The van der Waals surface area contributed by atoms with E-state index >= 15 is 0 Å². The third-order valence-electron chi connectivity index (χ3n) is 3.49. The van der Waals surface area contributed by atoms with Crippen molar-refractivity contribution in [1.82, 2.24) is 15.5 Å². The Bertz CT molecular complexity index is 523. The van der Waals surface area contributed by atoms with Gasteiger partial charge in [0.05, 0.1) is 6.20 Å². The fourth-order valence-corrected chi connectivity index (χ4v) is 2.39. The Labute approximate surface area is 121 Å². The van der Waals surface area contributed by atoms with Crippen molar-refractivity contribution in [2.24, 2.45) is 5.41 Å². The minimum atomic E-state index is 0.291. The van der Waals surface area contributed by atoms with Gasteiger partial charge in [0, 0.05) is 23.8 Å². The van der Waals surface area contributed by atoms with Crippen molar-refractivity contribution < 1.29 is 0 Å². The molecule has 0 fully saturated rings. The van der Waals surface area contributed by atoms with Crippen LogP contribution in [0.1, 0.15) is 50.1 Å². The highest BCUT2D eigenvalue weighted by Crippen LogP contribution is 2.29. The van der Waals surface area contributed by atoms with Gasteiger partial charge in [-0.15, -0.1) is 0 Å². The molecule has 2 N–H and O–H groups in total. The zero-order valence-electron chi connectivity index (χ0n) is 12.9. The zero-order chi connectivity index (χ0) is 14.6. The van der Waals surface area contributed by atoms with Crippen LogP contribution in [0.25, 0.3) is 0 Å². The lowest BCUT2D eigenvalue weighted by molar-refractivity contribution is 0.310. The predicted molar refractivity (Wildman–Crippen MR) is 83.4 cm³/mol. The molecular weight excluding hydrogens is 246 g/mol. The summed E-state index contributed by atoms with van der Waals surface area (Å²) in [7, 11) is 0. The van der Waals surface area contributed by atoms with Gasteiger partial charge in [-0.3, -0.25) is 5.10 Å². The van der Waals surface area contributed by atoms with Crippen molar-refractivity contribution in [1.29, 1.82) is 0 Å². The van der Waals surface area contributed by atoms with Gasteiger partial charge in [0.25, 0.3) is 0 Å². The van der Waals surface area contributed by atoms with Gasteiger partial charge in [0.2, 0.25) is 0 Å². The Morgan fingerprint density at radius 3 is 2.45 bits per heavy atom. The van der Waals surface area contributed by atoms with Crippen LogP contribution in [0, 0.1) is 12.3 Å². The molecule has 0 radical (unpaired) electrons. The summed E-state index contributed by atoms with van der Waals surface area (Å²) < 4.78 is 0. The standard InChI is InChI=1S/C17H25N3/c1-13-15(12-19-20-13)11-18-16(10-17(2,3)4)14-8-6-5-7-9-14/h5-9,12,16,18H,10-11H2,1-4H3,(H,19,20). The Balaban J connectivity index is 2.09. The highest BCUT2D eigenvalue weighted by Gasteiger charge is 2.20. The molecule has 1 atom stereocenters. The predicted octanol–water partition coefficient (Wildman–Crippen LogP) is 3.99. The van der Waals surface area contributed by atoms with E-state index in [4.69, 9.17) is 0 Å². The first-order valence-electron chi connectivity index (χ1n) is 7.23. The molecule has 0 bridgehead atoms. The summed E-state index contributed by atoms with van der Waals surface area (Å²) in [5.74, 6) is 0. The maximum Gasteiger partial charge on any atom is 0.0535 e. The summed E-state index contributed by atoms with van der Waals surface area (Å²) in [6.07, 6.45) is 3.01. The van der Waals surface area contributed by atoms with E-state index in [1.165, 1.54) is 11.1 Å². The van der Waals surface area contributed by atoms with Crippen LogP contribution in [0.2, 0.25) is 0 Å². The van der Waals surface area contributed by atoms with E-state index < -0.39 is 0 Å². The van der Waals surface area contributed by atoms with Crippen LogP contribution in [0.15, 0.2) is 36.5 Å². The average Bonchev–Trinajstić information content (AvgIpc) is 2.80. The highest BCUT2D eigenvalue weighted by atomic mass is 15.1. The van der Waals surface area contributed by atoms with Gasteiger partial charge in [-0.2, -0.15) is 5.10 Å². The molecule has 0 saturated heterocycles. The van der Waals surface area contributed by atoms with Crippen LogP contribution in [0.3, 0.4) is 0 Å².